The SMILES string of the molecule is O=C(c1cccc(F)c1)N1CCCCN2[C@H](CO)[C@@H](c3ccc(-c4ccncc4)cc3)[C@H]2C1. The van der Waals surface area contributed by atoms with E-state index in [2.05, 4.69) is 34.1 Å². The summed E-state index contributed by atoms with van der Waals surface area (Å²) >= 11 is 0. The highest BCUT2D eigenvalue weighted by Gasteiger charge is 2.49. The van der Waals surface area contributed by atoms with E-state index in [4.69, 9.17) is 0 Å². The van der Waals surface area contributed by atoms with Crippen LogP contribution in [0.4, 0.5) is 4.39 Å². The summed E-state index contributed by atoms with van der Waals surface area (Å²) in [4.78, 5) is 21.5. The molecule has 5 rings (SSSR count). The van der Waals surface area contributed by atoms with Crippen LogP contribution in [0.2, 0.25) is 0 Å². The average molecular weight is 446 g/mol. The number of hydrogen-bond acceptors (Lipinski definition) is 4. The van der Waals surface area contributed by atoms with Gasteiger partial charge in [0.15, 0.2) is 0 Å². The Morgan fingerprint density at radius 3 is 2.45 bits per heavy atom. The van der Waals surface area contributed by atoms with Gasteiger partial charge < -0.3 is 10.0 Å². The first-order valence-corrected chi connectivity index (χ1v) is 11.6. The molecule has 6 heteroatoms. The number of aromatic nitrogens is 1. The van der Waals surface area contributed by atoms with Crippen LogP contribution in [-0.4, -0.2) is 64.1 Å². The van der Waals surface area contributed by atoms with Crippen molar-refractivity contribution in [2.45, 2.75) is 30.8 Å². The summed E-state index contributed by atoms with van der Waals surface area (Å²) in [5.41, 5.74) is 3.80. The quantitative estimate of drug-likeness (QED) is 0.661. The normalized spacial score (nSPS) is 23.2. The van der Waals surface area contributed by atoms with Crippen LogP contribution in [0, 0.1) is 5.82 Å². The maximum absolute atomic E-state index is 13.7. The van der Waals surface area contributed by atoms with Gasteiger partial charge in [-0.1, -0.05) is 30.3 Å². The summed E-state index contributed by atoms with van der Waals surface area (Å²) in [6.45, 7) is 2.24. The summed E-state index contributed by atoms with van der Waals surface area (Å²) in [6, 6.07) is 18.6. The standard InChI is InChI=1S/C27H28FN3O2/c28-23-5-3-4-22(16-23)27(33)30-14-1-2-15-31-24(17-30)26(25(31)18-32)21-8-6-19(7-9-21)20-10-12-29-13-11-20/h3-13,16,24-26,32H,1-2,14-15,17-18H2/t24-,25-,26+/m1/s1. The molecule has 3 heterocycles. The zero-order valence-electron chi connectivity index (χ0n) is 18.5. The molecule has 170 valence electrons. The van der Waals surface area contributed by atoms with Crippen molar-refractivity contribution >= 4 is 5.91 Å². The van der Waals surface area contributed by atoms with Crippen molar-refractivity contribution in [3.8, 4) is 11.1 Å². The van der Waals surface area contributed by atoms with E-state index in [1.807, 2.05) is 17.0 Å². The second-order valence-electron chi connectivity index (χ2n) is 8.91. The molecule has 5 nitrogen and oxygen atoms in total. The molecule has 1 aromatic heterocycles. The number of halogens is 1. The van der Waals surface area contributed by atoms with Crippen molar-refractivity contribution in [3.63, 3.8) is 0 Å². The molecule has 1 amide bonds. The molecular weight excluding hydrogens is 417 g/mol. The van der Waals surface area contributed by atoms with Gasteiger partial charge in [0.25, 0.3) is 5.91 Å². The molecule has 3 atom stereocenters. The molecule has 0 saturated carbocycles. The Bertz CT molecular complexity index is 1110. The molecule has 3 aromatic rings. The fraction of sp³-hybridized carbons (Fsp3) is 0.333. The highest BCUT2D eigenvalue weighted by molar-refractivity contribution is 5.94. The lowest BCUT2D eigenvalue weighted by molar-refractivity contribution is -0.0606. The Morgan fingerprint density at radius 1 is 1.00 bits per heavy atom. The van der Waals surface area contributed by atoms with Crippen molar-refractivity contribution in [3.05, 3.63) is 90.0 Å². The van der Waals surface area contributed by atoms with Crippen LogP contribution in [0.5, 0.6) is 0 Å². The zero-order valence-corrected chi connectivity index (χ0v) is 18.5. The predicted molar refractivity (Wildman–Crippen MR) is 125 cm³/mol. The van der Waals surface area contributed by atoms with Gasteiger partial charge in [-0.2, -0.15) is 0 Å². The van der Waals surface area contributed by atoms with E-state index < -0.39 is 5.82 Å². The largest absolute Gasteiger partial charge is 0.395 e. The Labute approximate surface area is 193 Å². The van der Waals surface area contributed by atoms with E-state index in [9.17, 15) is 14.3 Å². The maximum atomic E-state index is 13.7. The monoisotopic (exact) mass is 445 g/mol. The fourth-order valence-electron chi connectivity index (χ4n) is 5.37. The van der Waals surface area contributed by atoms with Gasteiger partial charge in [0.2, 0.25) is 0 Å². The van der Waals surface area contributed by atoms with Crippen molar-refractivity contribution < 1.29 is 14.3 Å². The Hall–Kier alpha value is -3.09. The van der Waals surface area contributed by atoms with Crippen LogP contribution in [-0.2, 0) is 0 Å². The highest BCUT2D eigenvalue weighted by atomic mass is 19.1. The number of pyridine rings is 1. The summed E-state index contributed by atoms with van der Waals surface area (Å²) in [5, 5.41) is 10.2. The second kappa shape index (κ2) is 9.41. The lowest BCUT2D eigenvalue weighted by atomic mass is 9.74. The second-order valence-corrected chi connectivity index (χ2v) is 8.91. The van der Waals surface area contributed by atoms with Crippen molar-refractivity contribution in [1.82, 2.24) is 14.8 Å². The number of amides is 1. The van der Waals surface area contributed by atoms with Crippen molar-refractivity contribution in [2.24, 2.45) is 0 Å². The fourth-order valence-corrected chi connectivity index (χ4v) is 5.37. The number of carbonyl (C=O) groups excluding carboxylic acids is 1. The maximum Gasteiger partial charge on any atom is 0.254 e. The molecule has 0 bridgehead atoms. The molecular formula is C27H28FN3O2. The molecule has 2 aromatic carbocycles. The first-order chi connectivity index (χ1) is 16.2. The Kier molecular flexibility index (Phi) is 6.20. The van der Waals surface area contributed by atoms with Gasteiger partial charge in [-0.3, -0.25) is 14.7 Å². The Morgan fingerprint density at radius 2 is 1.73 bits per heavy atom. The van der Waals surface area contributed by atoms with E-state index in [-0.39, 0.29) is 30.5 Å². The van der Waals surface area contributed by atoms with Crippen LogP contribution in [0.3, 0.4) is 0 Å². The summed E-state index contributed by atoms with van der Waals surface area (Å²) < 4.78 is 13.7. The lowest BCUT2D eigenvalue weighted by Gasteiger charge is -2.57. The van der Waals surface area contributed by atoms with Crippen LogP contribution in [0.1, 0.15) is 34.7 Å². The summed E-state index contributed by atoms with van der Waals surface area (Å²) in [7, 11) is 0. The number of rotatable bonds is 4. The van der Waals surface area contributed by atoms with E-state index in [1.54, 1.807) is 24.5 Å². The number of nitrogens with zero attached hydrogens (tertiary/aromatic N) is 3. The molecule has 2 aliphatic rings. The van der Waals surface area contributed by atoms with Gasteiger partial charge in [0.1, 0.15) is 5.82 Å². The number of hydrogen-bond donors (Lipinski definition) is 1. The molecule has 33 heavy (non-hydrogen) atoms. The molecule has 2 fully saturated rings. The third kappa shape index (κ3) is 4.28. The number of benzene rings is 2. The lowest BCUT2D eigenvalue weighted by Crippen LogP contribution is -2.67. The smallest absolute Gasteiger partial charge is 0.254 e. The van der Waals surface area contributed by atoms with Crippen molar-refractivity contribution in [2.75, 3.05) is 26.2 Å². The van der Waals surface area contributed by atoms with Gasteiger partial charge >= 0.3 is 0 Å². The van der Waals surface area contributed by atoms with Crippen molar-refractivity contribution in [1.29, 1.82) is 0 Å². The van der Waals surface area contributed by atoms with Gasteiger partial charge in [-0.05, 0) is 66.4 Å². The Balaban J connectivity index is 1.39. The predicted octanol–water partition coefficient (Wildman–Crippen LogP) is 3.95. The van der Waals surface area contributed by atoms with Gasteiger partial charge in [-0.25, -0.2) is 4.39 Å². The molecule has 2 aliphatic heterocycles. The average Bonchev–Trinajstić information content (AvgIpc) is 2.83. The van der Waals surface area contributed by atoms with E-state index in [1.165, 1.54) is 17.7 Å². The van der Waals surface area contributed by atoms with Crippen LogP contribution in [0.25, 0.3) is 11.1 Å². The number of carbonyl (C=O) groups is 1. The summed E-state index contributed by atoms with van der Waals surface area (Å²) in [5.74, 6) is -0.386. The molecule has 0 spiro atoms. The zero-order chi connectivity index (χ0) is 22.8. The number of aliphatic hydroxyl groups is 1. The van der Waals surface area contributed by atoms with Crippen LogP contribution < -0.4 is 0 Å². The van der Waals surface area contributed by atoms with E-state index >= 15 is 0 Å². The minimum absolute atomic E-state index is 0.0472. The van der Waals surface area contributed by atoms with Crippen LogP contribution >= 0.6 is 0 Å². The first-order valence-electron chi connectivity index (χ1n) is 11.6. The molecule has 0 aliphatic carbocycles. The highest BCUT2D eigenvalue weighted by Crippen LogP contribution is 2.42. The molecule has 2 saturated heterocycles. The number of fused-ring (bicyclic) bond motifs is 1. The third-order valence-corrected chi connectivity index (χ3v) is 7.04. The number of aliphatic hydroxyl groups excluding tert-OH is 1. The van der Waals surface area contributed by atoms with Gasteiger partial charge in [-0.15, -0.1) is 0 Å². The van der Waals surface area contributed by atoms with E-state index in [0.717, 1.165) is 30.5 Å². The van der Waals surface area contributed by atoms with E-state index in [0.29, 0.717) is 18.7 Å². The minimum Gasteiger partial charge on any atom is -0.395 e. The minimum atomic E-state index is -0.398. The molecule has 0 unspecified atom stereocenters. The molecule has 1 N–H and O–H groups in total. The van der Waals surface area contributed by atoms with Crippen LogP contribution in [0.15, 0.2) is 73.1 Å². The topological polar surface area (TPSA) is 56.7 Å². The van der Waals surface area contributed by atoms with Gasteiger partial charge in [0, 0.05) is 49.0 Å². The third-order valence-electron chi connectivity index (χ3n) is 7.04. The first kappa shape index (κ1) is 21.7. The summed E-state index contributed by atoms with van der Waals surface area (Å²) in [6.07, 6.45) is 5.43. The van der Waals surface area contributed by atoms with Gasteiger partial charge in [0.05, 0.1) is 6.61 Å². The molecule has 0 radical (unpaired) electrons.